The zero-order chi connectivity index (χ0) is 13.7. The second-order valence-electron chi connectivity index (χ2n) is 6.98. The van der Waals surface area contributed by atoms with Crippen LogP contribution in [-0.2, 0) is 0 Å². The van der Waals surface area contributed by atoms with Gasteiger partial charge in [-0.2, -0.15) is 0 Å². The van der Waals surface area contributed by atoms with E-state index in [-0.39, 0.29) is 0 Å². The SMILES string of the molecule is CCCCCCCN1CC(CC)NCC1(C)C1CC1. The number of nitrogens with one attached hydrogen (secondary N) is 1. The van der Waals surface area contributed by atoms with Crippen molar-refractivity contribution in [1.82, 2.24) is 10.2 Å². The lowest BCUT2D eigenvalue weighted by molar-refractivity contribution is 0.0327. The van der Waals surface area contributed by atoms with Crippen LogP contribution < -0.4 is 5.32 Å². The molecule has 1 aliphatic heterocycles. The first kappa shape index (κ1) is 15.3. The maximum Gasteiger partial charge on any atom is 0.0334 e. The van der Waals surface area contributed by atoms with Crippen LogP contribution in [0.2, 0.25) is 0 Å². The van der Waals surface area contributed by atoms with Crippen molar-refractivity contribution in [2.45, 2.75) is 83.7 Å². The normalized spacial score (nSPS) is 32.7. The summed E-state index contributed by atoms with van der Waals surface area (Å²) in [6, 6.07) is 0.725. The Morgan fingerprint density at radius 3 is 2.47 bits per heavy atom. The first-order valence-electron chi connectivity index (χ1n) is 8.69. The van der Waals surface area contributed by atoms with E-state index >= 15 is 0 Å². The number of nitrogens with zero attached hydrogens (tertiary/aromatic N) is 1. The van der Waals surface area contributed by atoms with Crippen LogP contribution in [0.3, 0.4) is 0 Å². The van der Waals surface area contributed by atoms with E-state index in [1.165, 1.54) is 71.0 Å². The molecule has 2 heteroatoms. The van der Waals surface area contributed by atoms with Gasteiger partial charge in [0, 0.05) is 24.7 Å². The van der Waals surface area contributed by atoms with Crippen molar-refractivity contribution >= 4 is 0 Å². The molecule has 2 atom stereocenters. The molecule has 0 spiro atoms. The molecule has 112 valence electrons. The summed E-state index contributed by atoms with van der Waals surface area (Å²) in [7, 11) is 0. The summed E-state index contributed by atoms with van der Waals surface area (Å²) < 4.78 is 0. The molecule has 19 heavy (non-hydrogen) atoms. The van der Waals surface area contributed by atoms with E-state index in [4.69, 9.17) is 0 Å². The van der Waals surface area contributed by atoms with Gasteiger partial charge in [0.15, 0.2) is 0 Å². The Hall–Kier alpha value is -0.0800. The highest BCUT2D eigenvalue weighted by Gasteiger charge is 2.47. The van der Waals surface area contributed by atoms with Crippen molar-refractivity contribution in [1.29, 1.82) is 0 Å². The molecular formula is C17H34N2. The third kappa shape index (κ3) is 3.95. The molecule has 2 rings (SSSR count). The summed E-state index contributed by atoms with van der Waals surface area (Å²) in [4.78, 5) is 2.83. The average molecular weight is 266 g/mol. The van der Waals surface area contributed by atoms with Gasteiger partial charge in [-0.15, -0.1) is 0 Å². The van der Waals surface area contributed by atoms with Gasteiger partial charge in [-0.25, -0.2) is 0 Å². The van der Waals surface area contributed by atoms with E-state index in [0.717, 1.165) is 12.0 Å². The minimum atomic E-state index is 0.455. The topological polar surface area (TPSA) is 15.3 Å². The van der Waals surface area contributed by atoms with Crippen molar-refractivity contribution in [3.05, 3.63) is 0 Å². The molecule has 0 aromatic heterocycles. The number of hydrogen-bond acceptors (Lipinski definition) is 2. The zero-order valence-corrected chi connectivity index (χ0v) is 13.4. The molecule has 1 aliphatic carbocycles. The number of rotatable bonds is 8. The van der Waals surface area contributed by atoms with Crippen molar-refractivity contribution in [2.24, 2.45) is 5.92 Å². The highest BCUT2D eigenvalue weighted by atomic mass is 15.3. The summed E-state index contributed by atoms with van der Waals surface area (Å²) >= 11 is 0. The van der Waals surface area contributed by atoms with Gasteiger partial charge in [0.2, 0.25) is 0 Å². The lowest BCUT2D eigenvalue weighted by atomic mass is 9.88. The number of hydrogen-bond donors (Lipinski definition) is 1. The van der Waals surface area contributed by atoms with Gasteiger partial charge in [0.1, 0.15) is 0 Å². The Balaban J connectivity index is 1.81. The third-order valence-corrected chi connectivity index (χ3v) is 5.39. The smallest absolute Gasteiger partial charge is 0.0334 e. The van der Waals surface area contributed by atoms with Crippen molar-refractivity contribution in [3.8, 4) is 0 Å². The highest BCUT2D eigenvalue weighted by Crippen LogP contribution is 2.44. The maximum atomic E-state index is 3.78. The molecule has 2 unspecified atom stereocenters. The van der Waals surface area contributed by atoms with E-state index in [1.54, 1.807) is 0 Å². The van der Waals surface area contributed by atoms with Crippen LogP contribution in [0.15, 0.2) is 0 Å². The Kier molecular flexibility index (Phi) is 5.70. The van der Waals surface area contributed by atoms with Crippen LogP contribution in [0.25, 0.3) is 0 Å². The lowest BCUT2D eigenvalue weighted by Crippen LogP contribution is -2.64. The molecule has 2 fully saturated rings. The molecular weight excluding hydrogens is 232 g/mol. The largest absolute Gasteiger partial charge is 0.311 e. The molecule has 1 N–H and O–H groups in total. The predicted molar refractivity (Wildman–Crippen MR) is 83.5 cm³/mol. The molecule has 1 heterocycles. The fraction of sp³-hybridized carbons (Fsp3) is 1.00. The molecule has 0 radical (unpaired) electrons. The molecule has 0 amide bonds. The predicted octanol–water partition coefficient (Wildman–Crippen LogP) is 3.81. The van der Waals surface area contributed by atoms with Gasteiger partial charge < -0.3 is 5.32 Å². The molecule has 0 aromatic carbocycles. The molecule has 1 saturated heterocycles. The fourth-order valence-electron chi connectivity index (χ4n) is 3.64. The van der Waals surface area contributed by atoms with Gasteiger partial charge in [-0.05, 0) is 45.1 Å². The van der Waals surface area contributed by atoms with Crippen LogP contribution in [0.1, 0.15) is 72.1 Å². The zero-order valence-electron chi connectivity index (χ0n) is 13.4. The Morgan fingerprint density at radius 2 is 1.84 bits per heavy atom. The summed E-state index contributed by atoms with van der Waals surface area (Å²) in [6.07, 6.45) is 11.2. The standard InChI is InChI=1S/C17H34N2/c1-4-6-7-8-9-12-19-13-16(5-2)18-14-17(19,3)15-10-11-15/h15-16,18H,4-14H2,1-3H3. The first-order chi connectivity index (χ1) is 9.20. The summed E-state index contributed by atoms with van der Waals surface area (Å²) in [6.45, 7) is 10.9. The Bertz CT molecular complexity index is 262. The summed E-state index contributed by atoms with van der Waals surface area (Å²) in [5, 5.41) is 3.78. The van der Waals surface area contributed by atoms with Gasteiger partial charge in [0.25, 0.3) is 0 Å². The molecule has 0 bridgehead atoms. The second-order valence-corrected chi connectivity index (χ2v) is 6.98. The average Bonchev–Trinajstić information content (AvgIpc) is 3.25. The van der Waals surface area contributed by atoms with Crippen LogP contribution in [-0.4, -0.2) is 36.1 Å². The third-order valence-electron chi connectivity index (χ3n) is 5.39. The van der Waals surface area contributed by atoms with Crippen LogP contribution in [0, 0.1) is 5.92 Å². The van der Waals surface area contributed by atoms with Crippen LogP contribution in [0.4, 0.5) is 0 Å². The second kappa shape index (κ2) is 7.08. The first-order valence-corrected chi connectivity index (χ1v) is 8.69. The maximum absolute atomic E-state index is 3.78. The van der Waals surface area contributed by atoms with E-state index < -0.39 is 0 Å². The number of unbranched alkanes of at least 4 members (excludes halogenated alkanes) is 4. The van der Waals surface area contributed by atoms with Crippen LogP contribution in [0.5, 0.6) is 0 Å². The summed E-state index contributed by atoms with van der Waals surface area (Å²) in [5.41, 5.74) is 0.455. The van der Waals surface area contributed by atoms with Gasteiger partial charge in [-0.1, -0.05) is 39.5 Å². The fourth-order valence-corrected chi connectivity index (χ4v) is 3.64. The molecule has 1 saturated carbocycles. The van der Waals surface area contributed by atoms with E-state index in [9.17, 15) is 0 Å². The molecule has 2 nitrogen and oxygen atoms in total. The number of piperazine rings is 1. The minimum absolute atomic E-state index is 0.455. The minimum Gasteiger partial charge on any atom is -0.311 e. The molecule has 2 aliphatic rings. The summed E-state index contributed by atoms with van der Waals surface area (Å²) in [5.74, 6) is 0.966. The lowest BCUT2D eigenvalue weighted by Gasteiger charge is -2.49. The van der Waals surface area contributed by atoms with Crippen molar-refractivity contribution in [3.63, 3.8) is 0 Å². The van der Waals surface area contributed by atoms with Gasteiger partial charge in [-0.3, -0.25) is 4.90 Å². The van der Waals surface area contributed by atoms with E-state index in [2.05, 4.69) is 31.0 Å². The molecule has 0 aromatic rings. The Labute approximate surface area is 120 Å². The van der Waals surface area contributed by atoms with Crippen molar-refractivity contribution in [2.75, 3.05) is 19.6 Å². The van der Waals surface area contributed by atoms with Gasteiger partial charge >= 0.3 is 0 Å². The highest BCUT2D eigenvalue weighted by molar-refractivity contribution is 5.04. The van der Waals surface area contributed by atoms with E-state index in [0.29, 0.717) is 5.54 Å². The Morgan fingerprint density at radius 1 is 1.11 bits per heavy atom. The van der Waals surface area contributed by atoms with Crippen molar-refractivity contribution < 1.29 is 0 Å². The monoisotopic (exact) mass is 266 g/mol. The van der Waals surface area contributed by atoms with Gasteiger partial charge in [0.05, 0.1) is 0 Å². The van der Waals surface area contributed by atoms with E-state index in [1.807, 2.05) is 0 Å². The quantitative estimate of drug-likeness (QED) is 0.672. The van der Waals surface area contributed by atoms with Crippen LogP contribution >= 0.6 is 0 Å².